The van der Waals surface area contributed by atoms with Crippen molar-refractivity contribution in [3.05, 3.63) is 42.1 Å². The summed E-state index contributed by atoms with van der Waals surface area (Å²) in [6, 6.07) is 4.88. The molecule has 0 radical (unpaired) electrons. The monoisotopic (exact) mass is 274 g/mol. The molecule has 0 amide bonds. The van der Waals surface area contributed by atoms with E-state index in [1.165, 1.54) is 6.07 Å². The van der Waals surface area contributed by atoms with Crippen molar-refractivity contribution in [2.75, 3.05) is 6.61 Å². The molecule has 0 saturated carbocycles. The first-order valence-corrected chi connectivity index (χ1v) is 6.98. The van der Waals surface area contributed by atoms with E-state index in [4.69, 9.17) is 4.74 Å². The first kappa shape index (κ1) is 14.4. The highest BCUT2D eigenvalue weighted by Gasteiger charge is 2.07. The van der Waals surface area contributed by atoms with Crippen LogP contribution >= 0.6 is 0 Å². The SMILES string of the molecule is CCCOc1ccc(-c2cnc(CCC)cn2)cc1F. The van der Waals surface area contributed by atoms with Gasteiger partial charge in [0.25, 0.3) is 0 Å². The number of aromatic nitrogens is 2. The summed E-state index contributed by atoms with van der Waals surface area (Å²) in [6.45, 7) is 4.60. The lowest BCUT2D eigenvalue weighted by Gasteiger charge is -2.07. The third kappa shape index (κ3) is 3.53. The lowest BCUT2D eigenvalue weighted by atomic mass is 10.1. The van der Waals surface area contributed by atoms with Gasteiger partial charge in [-0.05, 0) is 31.0 Å². The molecule has 0 fully saturated rings. The molecule has 0 bridgehead atoms. The van der Waals surface area contributed by atoms with Gasteiger partial charge in [0.15, 0.2) is 11.6 Å². The van der Waals surface area contributed by atoms with Gasteiger partial charge in [-0.15, -0.1) is 0 Å². The molecule has 106 valence electrons. The minimum absolute atomic E-state index is 0.283. The van der Waals surface area contributed by atoms with E-state index < -0.39 is 0 Å². The van der Waals surface area contributed by atoms with Crippen LogP contribution < -0.4 is 4.74 Å². The number of halogens is 1. The van der Waals surface area contributed by atoms with Gasteiger partial charge in [-0.25, -0.2) is 4.39 Å². The summed E-state index contributed by atoms with van der Waals surface area (Å²) < 4.78 is 19.2. The minimum Gasteiger partial charge on any atom is -0.491 e. The van der Waals surface area contributed by atoms with E-state index >= 15 is 0 Å². The molecule has 20 heavy (non-hydrogen) atoms. The molecule has 4 heteroatoms. The molecule has 3 nitrogen and oxygen atoms in total. The van der Waals surface area contributed by atoms with E-state index in [-0.39, 0.29) is 11.6 Å². The third-order valence-corrected chi connectivity index (χ3v) is 2.90. The Labute approximate surface area is 118 Å². The van der Waals surface area contributed by atoms with Crippen molar-refractivity contribution in [3.8, 4) is 17.0 Å². The second-order valence-corrected chi connectivity index (χ2v) is 4.64. The van der Waals surface area contributed by atoms with Gasteiger partial charge in [0.05, 0.1) is 24.2 Å². The molecule has 0 spiro atoms. The second kappa shape index (κ2) is 6.98. The largest absolute Gasteiger partial charge is 0.491 e. The van der Waals surface area contributed by atoms with Gasteiger partial charge in [-0.2, -0.15) is 0 Å². The first-order chi connectivity index (χ1) is 9.74. The van der Waals surface area contributed by atoms with Crippen LogP contribution in [0.15, 0.2) is 30.6 Å². The van der Waals surface area contributed by atoms with Crippen molar-refractivity contribution in [1.82, 2.24) is 9.97 Å². The van der Waals surface area contributed by atoms with Gasteiger partial charge >= 0.3 is 0 Å². The molecule has 0 N–H and O–H groups in total. The minimum atomic E-state index is -0.365. The lowest BCUT2D eigenvalue weighted by molar-refractivity contribution is 0.301. The van der Waals surface area contributed by atoms with Gasteiger partial charge in [-0.1, -0.05) is 20.3 Å². The molecule has 0 unspecified atom stereocenters. The maximum atomic E-state index is 13.9. The van der Waals surface area contributed by atoms with Gasteiger partial charge in [-0.3, -0.25) is 9.97 Å². The van der Waals surface area contributed by atoms with Gasteiger partial charge < -0.3 is 4.74 Å². The second-order valence-electron chi connectivity index (χ2n) is 4.64. The zero-order valence-electron chi connectivity index (χ0n) is 11.9. The molecule has 0 aliphatic carbocycles. The Morgan fingerprint density at radius 1 is 1.10 bits per heavy atom. The van der Waals surface area contributed by atoms with Crippen molar-refractivity contribution in [2.45, 2.75) is 33.1 Å². The predicted molar refractivity (Wildman–Crippen MR) is 77.2 cm³/mol. The van der Waals surface area contributed by atoms with Crippen LogP contribution in [0.4, 0.5) is 4.39 Å². The third-order valence-electron chi connectivity index (χ3n) is 2.90. The van der Waals surface area contributed by atoms with Gasteiger partial charge in [0.2, 0.25) is 0 Å². The van der Waals surface area contributed by atoms with Crippen LogP contribution in [0.25, 0.3) is 11.3 Å². The van der Waals surface area contributed by atoms with Crippen LogP contribution in [0.5, 0.6) is 5.75 Å². The number of rotatable bonds is 6. The molecule has 2 rings (SSSR count). The molecular formula is C16H19FN2O. The van der Waals surface area contributed by atoms with Gasteiger partial charge in [0, 0.05) is 11.8 Å². The van der Waals surface area contributed by atoms with Gasteiger partial charge in [0.1, 0.15) is 0 Å². The highest BCUT2D eigenvalue weighted by molar-refractivity contribution is 5.59. The average molecular weight is 274 g/mol. The first-order valence-electron chi connectivity index (χ1n) is 6.98. The zero-order valence-corrected chi connectivity index (χ0v) is 11.9. The van der Waals surface area contributed by atoms with Crippen molar-refractivity contribution in [3.63, 3.8) is 0 Å². The number of benzene rings is 1. The normalized spacial score (nSPS) is 10.6. The molecule has 0 aliphatic heterocycles. The van der Waals surface area contributed by atoms with Crippen LogP contribution in [-0.2, 0) is 6.42 Å². The number of hydrogen-bond acceptors (Lipinski definition) is 3. The standard InChI is InChI=1S/C16H19FN2O/c1-3-5-13-10-19-15(11-18-13)12-6-7-16(14(17)9-12)20-8-4-2/h6-7,9-11H,3-5,8H2,1-2H3. The van der Waals surface area contributed by atoms with Crippen LogP contribution in [0.1, 0.15) is 32.4 Å². The molecule has 0 atom stereocenters. The summed E-state index contributed by atoms with van der Waals surface area (Å²) in [7, 11) is 0. The molecule has 2 aromatic rings. The molecule has 1 aromatic carbocycles. The van der Waals surface area contributed by atoms with Crippen molar-refractivity contribution >= 4 is 0 Å². The molecule has 1 aromatic heterocycles. The predicted octanol–water partition coefficient (Wildman–Crippen LogP) is 4.02. The fourth-order valence-corrected chi connectivity index (χ4v) is 1.88. The van der Waals surface area contributed by atoms with Crippen LogP contribution in [0.2, 0.25) is 0 Å². The summed E-state index contributed by atoms with van der Waals surface area (Å²) in [5.41, 5.74) is 2.34. The summed E-state index contributed by atoms with van der Waals surface area (Å²) in [4.78, 5) is 8.66. The Hall–Kier alpha value is -1.97. The number of aryl methyl sites for hydroxylation is 1. The Bertz CT molecular complexity index is 555. The van der Waals surface area contributed by atoms with E-state index in [0.29, 0.717) is 17.9 Å². The van der Waals surface area contributed by atoms with Crippen LogP contribution in [0.3, 0.4) is 0 Å². The number of ether oxygens (including phenoxy) is 1. The summed E-state index contributed by atoms with van der Waals surface area (Å²) in [5, 5.41) is 0. The van der Waals surface area contributed by atoms with E-state index in [0.717, 1.165) is 25.0 Å². The summed E-state index contributed by atoms with van der Waals surface area (Å²) >= 11 is 0. The van der Waals surface area contributed by atoms with E-state index in [1.54, 1.807) is 24.5 Å². The number of nitrogens with zero attached hydrogens (tertiary/aromatic N) is 2. The zero-order chi connectivity index (χ0) is 14.4. The summed E-state index contributed by atoms with van der Waals surface area (Å²) in [5.74, 6) is -0.0819. The quantitative estimate of drug-likeness (QED) is 0.798. The van der Waals surface area contributed by atoms with Crippen LogP contribution in [-0.4, -0.2) is 16.6 Å². The van der Waals surface area contributed by atoms with Crippen LogP contribution in [0, 0.1) is 5.82 Å². The Kier molecular flexibility index (Phi) is 5.04. The van der Waals surface area contributed by atoms with Crippen molar-refractivity contribution in [2.24, 2.45) is 0 Å². The van der Waals surface area contributed by atoms with E-state index in [2.05, 4.69) is 16.9 Å². The van der Waals surface area contributed by atoms with Crippen molar-refractivity contribution < 1.29 is 9.13 Å². The Morgan fingerprint density at radius 3 is 2.55 bits per heavy atom. The molecular weight excluding hydrogens is 255 g/mol. The van der Waals surface area contributed by atoms with Crippen molar-refractivity contribution in [1.29, 1.82) is 0 Å². The highest BCUT2D eigenvalue weighted by Crippen LogP contribution is 2.24. The molecule has 0 aliphatic rings. The number of hydrogen-bond donors (Lipinski definition) is 0. The average Bonchev–Trinajstić information content (AvgIpc) is 2.47. The van der Waals surface area contributed by atoms with E-state index in [9.17, 15) is 4.39 Å². The summed E-state index contributed by atoms with van der Waals surface area (Å²) in [6.07, 6.45) is 6.23. The molecule has 1 heterocycles. The Balaban J connectivity index is 2.18. The topological polar surface area (TPSA) is 35.0 Å². The fraction of sp³-hybridized carbons (Fsp3) is 0.375. The maximum absolute atomic E-state index is 13.9. The maximum Gasteiger partial charge on any atom is 0.165 e. The van der Waals surface area contributed by atoms with E-state index in [1.807, 2.05) is 6.92 Å². The fourth-order valence-electron chi connectivity index (χ4n) is 1.88. The highest BCUT2D eigenvalue weighted by atomic mass is 19.1. The lowest BCUT2D eigenvalue weighted by Crippen LogP contribution is -1.98. The Morgan fingerprint density at radius 2 is 1.95 bits per heavy atom. The molecule has 0 saturated heterocycles. The smallest absolute Gasteiger partial charge is 0.165 e.